The first-order valence-electron chi connectivity index (χ1n) is 11.5. The van der Waals surface area contributed by atoms with Gasteiger partial charge in [0.05, 0.1) is 17.7 Å². The van der Waals surface area contributed by atoms with E-state index in [4.69, 9.17) is 21.1 Å². The van der Waals surface area contributed by atoms with Crippen LogP contribution in [-0.2, 0) is 9.59 Å². The number of carbonyl (C=O) groups is 2. The van der Waals surface area contributed by atoms with E-state index < -0.39 is 23.0 Å². The quantitative estimate of drug-likeness (QED) is 0.220. The molecule has 38 heavy (non-hydrogen) atoms. The van der Waals surface area contributed by atoms with Crippen molar-refractivity contribution in [2.75, 3.05) is 12.4 Å². The first kappa shape index (κ1) is 28.1. The fourth-order valence-electron chi connectivity index (χ4n) is 3.28. The lowest BCUT2D eigenvalue weighted by molar-refractivity contribution is -0.385. The SMILES string of the molecule is COc1nn(C(C)C(=O)N/N=C(\C)c2ccc(NC(=O)C(C)Oc3ccc(Cl)cc3C)cc2)cc1[N+](=O)[O-]. The van der Waals surface area contributed by atoms with Crippen molar-refractivity contribution in [1.82, 2.24) is 15.2 Å². The average molecular weight is 543 g/mol. The van der Waals surface area contributed by atoms with Crippen LogP contribution in [0, 0.1) is 17.0 Å². The Morgan fingerprint density at radius 2 is 1.84 bits per heavy atom. The average Bonchev–Trinajstić information content (AvgIpc) is 3.33. The Labute approximate surface area is 223 Å². The summed E-state index contributed by atoms with van der Waals surface area (Å²) in [6.07, 6.45) is 0.376. The molecule has 1 heterocycles. The minimum absolute atomic E-state index is 0.192. The number of nitrogens with zero attached hydrogens (tertiary/aromatic N) is 4. The highest BCUT2D eigenvalue weighted by molar-refractivity contribution is 6.30. The third-order valence-corrected chi connectivity index (χ3v) is 5.80. The molecule has 2 amide bonds. The molecule has 200 valence electrons. The van der Waals surface area contributed by atoms with Crippen molar-refractivity contribution >= 4 is 40.5 Å². The van der Waals surface area contributed by atoms with E-state index in [0.717, 1.165) is 16.4 Å². The molecular formula is C25H27ClN6O6. The zero-order valence-corrected chi connectivity index (χ0v) is 22.1. The molecule has 3 rings (SSSR count). The number of halogens is 1. The van der Waals surface area contributed by atoms with Gasteiger partial charge in [-0.2, -0.15) is 5.10 Å². The summed E-state index contributed by atoms with van der Waals surface area (Å²) in [5.74, 6) is -0.476. The fourth-order valence-corrected chi connectivity index (χ4v) is 3.51. The molecule has 0 aliphatic carbocycles. The number of nitrogens with one attached hydrogen (secondary N) is 2. The van der Waals surface area contributed by atoms with E-state index in [-0.39, 0.29) is 17.5 Å². The molecule has 0 aliphatic rings. The predicted octanol–water partition coefficient (Wildman–Crippen LogP) is 4.27. The topological polar surface area (TPSA) is 150 Å². The molecule has 1 aromatic heterocycles. The first-order valence-corrected chi connectivity index (χ1v) is 11.8. The van der Waals surface area contributed by atoms with Crippen LogP contribution in [0.5, 0.6) is 11.6 Å². The molecule has 13 heteroatoms. The third-order valence-electron chi connectivity index (χ3n) is 5.56. The number of hydrogen-bond donors (Lipinski definition) is 2. The number of hydrazone groups is 1. The smallest absolute Gasteiger partial charge is 0.350 e. The van der Waals surface area contributed by atoms with Gasteiger partial charge in [-0.1, -0.05) is 23.7 Å². The van der Waals surface area contributed by atoms with E-state index in [1.807, 2.05) is 6.92 Å². The lowest BCUT2D eigenvalue weighted by Gasteiger charge is -2.16. The van der Waals surface area contributed by atoms with E-state index in [0.29, 0.717) is 27.7 Å². The van der Waals surface area contributed by atoms with Crippen molar-refractivity contribution in [3.05, 3.63) is 74.9 Å². The van der Waals surface area contributed by atoms with Crippen molar-refractivity contribution in [1.29, 1.82) is 0 Å². The number of methoxy groups -OCH3 is 1. The van der Waals surface area contributed by atoms with Gasteiger partial charge in [0.25, 0.3) is 11.8 Å². The van der Waals surface area contributed by atoms with E-state index >= 15 is 0 Å². The number of anilines is 1. The maximum atomic E-state index is 12.6. The summed E-state index contributed by atoms with van der Waals surface area (Å²) in [5, 5.41) is 22.5. The largest absolute Gasteiger partial charge is 0.481 e. The van der Waals surface area contributed by atoms with Gasteiger partial charge in [-0.15, -0.1) is 5.10 Å². The number of hydrogen-bond acceptors (Lipinski definition) is 8. The van der Waals surface area contributed by atoms with Gasteiger partial charge in [-0.25, -0.2) is 10.1 Å². The van der Waals surface area contributed by atoms with Crippen molar-refractivity contribution in [2.24, 2.45) is 5.10 Å². The predicted molar refractivity (Wildman–Crippen MR) is 142 cm³/mol. The molecule has 0 spiro atoms. The zero-order chi connectivity index (χ0) is 28.0. The Morgan fingerprint density at radius 3 is 2.42 bits per heavy atom. The molecule has 0 radical (unpaired) electrons. The van der Waals surface area contributed by atoms with Crippen molar-refractivity contribution in [3.8, 4) is 11.6 Å². The summed E-state index contributed by atoms with van der Waals surface area (Å²) in [6.45, 7) is 6.71. The van der Waals surface area contributed by atoms with E-state index in [2.05, 4.69) is 20.9 Å². The van der Waals surface area contributed by atoms with Crippen LogP contribution in [0.15, 0.2) is 53.8 Å². The van der Waals surface area contributed by atoms with E-state index in [9.17, 15) is 19.7 Å². The Bertz CT molecular complexity index is 1370. The number of nitro groups is 1. The Hall–Kier alpha value is -4.45. The standard InChI is InChI=1S/C25H27ClN6O6/c1-14-12-19(26)8-11-22(14)38-17(4)24(34)27-20-9-6-18(7-10-20)15(2)28-29-23(33)16(3)31-13-21(32(35)36)25(30-31)37-5/h6-13,16-17H,1-5H3,(H,27,34)(H,29,33)/b28-15+. The summed E-state index contributed by atoms with van der Waals surface area (Å²) < 4.78 is 11.8. The van der Waals surface area contributed by atoms with Crippen LogP contribution in [0.4, 0.5) is 11.4 Å². The number of ether oxygens (including phenoxy) is 2. The van der Waals surface area contributed by atoms with Gasteiger partial charge in [0.2, 0.25) is 0 Å². The summed E-state index contributed by atoms with van der Waals surface area (Å²) in [7, 11) is 1.26. The van der Waals surface area contributed by atoms with Crippen LogP contribution in [0.25, 0.3) is 0 Å². The summed E-state index contributed by atoms with van der Waals surface area (Å²) in [4.78, 5) is 35.5. The molecule has 0 bridgehead atoms. The zero-order valence-electron chi connectivity index (χ0n) is 21.4. The van der Waals surface area contributed by atoms with Gasteiger partial charge in [-0.05, 0) is 69.2 Å². The molecule has 0 saturated heterocycles. The monoisotopic (exact) mass is 542 g/mol. The summed E-state index contributed by atoms with van der Waals surface area (Å²) >= 11 is 5.96. The minimum atomic E-state index is -0.882. The fraction of sp³-hybridized carbons (Fsp3) is 0.280. The molecule has 2 unspecified atom stereocenters. The second-order valence-electron chi connectivity index (χ2n) is 8.35. The minimum Gasteiger partial charge on any atom is -0.481 e. The number of carbonyl (C=O) groups excluding carboxylic acids is 2. The van der Waals surface area contributed by atoms with Gasteiger partial charge >= 0.3 is 11.6 Å². The summed E-state index contributed by atoms with van der Waals surface area (Å²) in [5.41, 5.74) is 4.67. The molecule has 2 atom stereocenters. The molecule has 0 fully saturated rings. The molecule has 2 aromatic carbocycles. The molecule has 3 aromatic rings. The summed E-state index contributed by atoms with van der Waals surface area (Å²) in [6, 6.07) is 11.2. The third kappa shape index (κ3) is 6.85. The van der Waals surface area contributed by atoms with E-state index in [1.165, 1.54) is 14.0 Å². The van der Waals surface area contributed by atoms with E-state index in [1.54, 1.807) is 56.3 Å². The van der Waals surface area contributed by atoms with Gasteiger partial charge in [0.15, 0.2) is 6.10 Å². The highest BCUT2D eigenvalue weighted by Crippen LogP contribution is 2.26. The van der Waals surface area contributed by atoms with Crippen molar-refractivity contribution in [2.45, 2.75) is 39.8 Å². The Balaban J connectivity index is 1.58. The molecule has 2 N–H and O–H groups in total. The highest BCUT2D eigenvalue weighted by atomic mass is 35.5. The lowest BCUT2D eigenvalue weighted by Crippen LogP contribution is -2.30. The van der Waals surface area contributed by atoms with Crippen LogP contribution in [-0.4, -0.2) is 45.4 Å². The van der Waals surface area contributed by atoms with Gasteiger partial charge < -0.3 is 14.8 Å². The van der Waals surface area contributed by atoms with Crippen molar-refractivity contribution < 1.29 is 24.0 Å². The molecule has 0 aliphatic heterocycles. The maximum Gasteiger partial charge on any atom is 0.350 e. The van der Waals surface area contributed by atoms with Crippen molar-refractivity contribution in [3.63, 3.8) is 0 Å². The van der Waals surface area contributed by atoms with Crippen LogP contribution >= 0.6 is 11.6 Å². The van der Waals surface area contributed by atoms with Crippen LogP contribution < -0.4 is 20.2 Å². The maximum absolute atomic E-state index is 12.6. The highest BCUT2D eigenvalue weighted by Gasteiger charge is 2.25. The van der Waals surface area contributed by atoms with Crippen LogP contribution in [0.1, 0.15) is 37.9 Å². The van der Waals surface area contributed by atoms with Gasteiger partial charge in [0.1, 0.15) is 18.0 Å². The van der Waals surface area contributed by atoms with Gasteiger partial charge in [-0.3, -0.25) is 19.7 Å². The first-order chi connectivity index (χ1) is 18.0. The molecular weight excluding hydrogens is 516 g/mol. The number of amides is 2. The van der Waals surface area contributed by atoms with Gasteiger partial charge in [0, 0.05) is 10.7 Å². The van der Waals surface area contributed by atoms with Crippen LogP contribution in [0.3, 0.4) is 0 Å². The number of rotatable bonds is 10. The second-order valence-corrected chi connectivity index (χ2v) is 8.78. The Morgan fingerprint density at radius 1 is 1.16 bits per heavy atom. The number of aromatic nitrogens is 2. The lowest BCUT2D eigenvalue weighted by atomic mass is 10.1. The number of benzene rings is 2. The molecule has 12 nitrogen and oxygen atoms in total. The van der Waals surface area contributed by atoms with Crippen LogP contribution in [0.2, 0.25) is 5.02 Å². The normalized spacial score (nSPS) is 12.8. The Kier molecular flexibility index (Phi) is 9.02. The molecule has 0 saturated carbocycles. The number of aryl methyl sites for hydroxylation is 1. The second kappa shape index (κ2) is 12.2.